The maximum absolute atomic E-state index is 12.4. The van der Waals surface area contributed by atoms with Crippen LogP contribution in [0.5, 0.6) is 0 Å². The zero-order valence-corrected chi connectivity index (χ0v) is 27.8. The molecule has 0 aliphatic carbocycles. The summed E-state index contributed by atoms with van der Waals surface area (Å²) in [5.74, 6) is -0.454. The van der Waals surface area contributed by atoms with E-state index >= 15 is 0 Å². The van der Waals surface area contributed by atoms with Crippen LogP contribution in [0.25, 0.3) is 36.5 Å². The third kappa shape index (κ3) is 6.25. The molecule has 8 bridgehead atoms. The molecule has 1 aliphatic heterocycles. The lowest BCUT2D eigenvalue weighted by atomic mass is 10.0. The number of carbonyl (C=O) groups is 2. The summed E-state index contributed by atoms with van der Waals surface area (Å²) in [5, 5.41) is 3.75. The minimum atomic E-state index is -0.228. The molecule has 8 heteroatoms. The topological polar surface area (TPSA) is 116 Å². The highest BCUT2D eigenvalue weighted by molar-refractivity contribution is 5.73. The number of aromatic nitrogens is 4. The van der Waals surface area contributed by atoms with Crippen molar-refractivity contribution in [1.29, 1.82) is 0 Å². The molecule has 0 spiro atoms. The van der Waals surface area contributed by atoms with Gasteiger partial charge in [-0.25, -0.2) is 0 Å². The molecule has 240 valence electrons. The minimum absolute atomic E-state index is 0.227. The Morgan fingerprint density at radius 2 is 1.09 bits per heavy atom. The first kappa shape index (κ1) is 32.4. The molecule has 0 unspecified atom stereocenters. The van der Waals surface area contributed by atoms with Gasteiger partial charge in [-0.2, -0.15) is 0 Å². The standard InChI is InChI=1S/C38H44N4O4/c1-9-25-21(5)29-17-30-23(7)27(13-15-37(43)45-11-3)35(41-30)20-36-28(14-16-38(44)46-12-4)24(8)32(42-36)19-34-26(10-2)22(6)31(40-34)18-33(25)39-29/h9-10,17-20,39-42H,1-2,11-16H2,3-8H3. The molecule has 4 N–H and O–H groups in total. The molecular weight excluding hydrogens is 576 g/mol. The molecule has 5 heterocycles. The maximum atomic E-state index is 12.4. The molecule has 0 radical (unpaired) electrons. The van der Waals surface area contributed by atoms with E-state index in [0.29, 0.717) is 26.1 Å². The molecule has 1 aliphatic rings. The molecule has 4 aromatic rings. The van der Waals surface area contributed by atoms with Crippen molar-refractivity contribution in [2.45, 2.75) is 67.2 Å². The van der Waals surface area contributed by atoms with Crippen LogP contribution in [0.2, 0.25) is 0 Å². The normalized spacial score (nSPS) is 12.0. The van der Waals surface area contributed by atoms with Crippen molar-refractivity contribution in [2.24, 2.45) is 0 Å². The Bertz CT molecular complexity index is 2090. The molecule has 4 aromatic heterocycles. The van der Waals surface area contributed by atoms with Crippen LogP contribution in [0.15, 0.2) is 13.2 Å². The second kappa shape index (κ2) is 13.6. The fourth-order valence-corrected chi connectivity index (χ4v) is 6.38. The highest BCUT2D eigenvalue weighted by Crippen LogP contribution is 2.24. The summed E-state index contributed by atoms with van der Waals surface area (Å²) in [6.45, 7) is 20.9. The highest BCUT2D eigenvalue weighted by atomic mass is 16.5. The Kier molecular flexibility index (Phi) is 9.56. The molecule has 46 heavy (non-hydrogen) atoms. The molecule has 5 rings (SSSR count). The fraction of sp³-hybridized carbons (Fsp3) is 0.316. The van der Waals surface area contributed by atoms with Crippen LogP contribution in [-0.4, -0.2) is 45.1 Å². The second-order valence-electron chi connectivity index (χ2n) is 11.7. The molecular formula is C38H44N4O4. The predicted octanol–water partition coefficient (Wildman–Crippen LogP) is 4.14. The third-order valence-corrected chi connectivity index (χ3v) is 8.97. The van der Waals surface area contributed by atoms with Gasteiger partial charge in [0.15, 0.2) is 0 Å². The van der Waals surface area contributed by atoms with Crippen molar-refractivity contribution in [3.8, 4) is 0 Å². The zero-order chi connectivity index (χ0) is 33.1. The van der Waals surface area contributed by atoms with E-state index in [1.807, 2.05) is 26.0 Å². The number of H-pyrrole nitrogens is 4. The molecule has 0 saturated carbocycles. The van der Waals surface area contributed by atoms with E-state index < -0.39 is 0 Å². The van der Waals surface area contributed by atoms with Gasteiger partial charge in [0.05, 0.1) is 13.2 Å². The van der Waals surface area contributed by atoms with Gasteiger partial charge in [0.1, 0.15) is 0 Å². The van der Waals surface area contributed by atoms with Crippen LogP contribution < -0.4 is 21.4 Å². The van der Waals surface area contributed by atoms with Crippen LogP contribution in [0.3, 0.4) is 0 Å². The maximum Gasteiger partial charge on any atom is 0.306 e. The van der Waals surface area contributed by atoms with Gasteiger partial charge in [0, 0.05) is 68.1 Å². The van der Waals surface area contributed by atoms with E-state index in [2.05, 4.69) is 85.1 Å². The number of ether oxygens (including phenoxy) is 2. The average Bonchev–Trinajstić information content (AvgIpc) is 3.68. The SMILES string of the molecule is C=Cc1c2[nH]c(c1C)C=c1[nH]c(c(CCC(=O)OCC)c1C)=Cc1[nH]c(c(C)c1CCC(=O)OCC)C=c1[nH]c(c(C)c1C=C)=C2. The largest absolute Gasteiger partial charge is 0.466 e. The van der Waals surface area contributed by atoms with Crippen molar-refractivity contribution in [3.63, 3.8) is 0 Å². The number of hydrogen-bond acceptors (Lipinski definition) is 4. The van der Waals surface area contributed by atoms with E-state index in [1.54, 1.807) is 0 Å². The summed E-state index contributed by atoms with van der Waals surface area (Å²) in [4.78, 5) is 39.4. The van der Waals surface area contributed by atoms with Gasteiger partial charge in [0.2, 0.25) is 0 Å². The van der Waals surface area contributed by atoms with Crippen LogP contribution >= 0.6 is 0 Å². The molecule has 8 nitrogen and oxygen atoms in total. The lowest BCUT2D eigenvalue weighted by molar-refractivity contribution is -0.144. The Morgan fingerprint density at radius 3 is 1.72 bits per heavy atom. The number of fused-ring (bicyclic) bond motifs is 8. The lowest BCUT2D eigenvalue weighted by Gasteiger charge is -2.04. The van der Waals surface area contributed by atoms with Crippen LogP contribution in [0.1, 0.15) is 94.0 Å². The van der Waals surface area contributed by atoms with Gasteiger partial charge in [0.25, 0.3) is 0 Å². The number of esters is 2. The van der Waals surface area contributed by atoms with Crippen LogP contribution in [0.4, 0.5) is 0 Å². The lowest BCUT2D eigenvalue weighted by Crippen LogP contribution is -2.14. The van der Waals surface area contributed by atoms with Crippen molar-refractivity contribution < 1.29 is 19.1 Å². The fourth-order valence-electron chi connectivity index (χ4n) is 6.38. The number of carbonyl (C=O) groups excluding carboxylic acids is 2. The number of aromatic amines is 4. The Hall–Kier alpha value is -4.98. The number of nitrogens with one attached hydrogen (secondary N) is 4. The number of rotatable bonds is 10. The van der Waals surface area contributed by atoms with E-state index in [0.717, 1.165) is 88.7 Å². The second-order valence-corrected chi connectivity index (χ2v) is 11.7. The summed E-state index contributed by atoms with van der Waals surface area (Å²) in [6, 6.07) is 0. The van der Waals surface area contributed by atoms with E-state index in [1.165, 1.54) is 0 Å². The summed E-state index contributed by atoms with van der Waals surface area (Å²) in [5.41, 5.74) is 12.2. The van der Waals surface area contributed by atoms with Gasteiger partial charge in [-0.15, -0.1) is 0 Å². The first-order valence-corrected chi connectivity index (χ1v) is 15.9. The van der Waals surface area contributed by atoms with Crippen molar-refractivity contribution >= 4 is 48.4 Å². The van der Waals surface area contributed by atoms with Gasteiger partial charge in [-0.05, 0) is 112 Å². The van der Waals surface area contributed by atoms with Gasteiger partial charge in [-0.3, -0.25) is 9.59 Å². The van der Waals surface area contributed by atoms with Gasteiger partial charge >= 0.3 is 11.9 Å². The third-order valence-electron chi connectivity index (χ3n) is 8.97. The number of hydrogen-bond donors (Lipinski definition) is 4. The molecule has 0 amide bonds. The summed E-state index contributed by atoms with van der Waals surface area (Å²) >= 11 is 0. The smallest absolute Gasteiger partial charge is 0.306 e. The molecule has 0 fully saturated rings. The van der Waals surface area contributed by atoms with E-state index in [9.17, 15) is 9.59 Å². The first-order valence-electron chi connectivity index (χ1n) is 15.9. The molecule has 0 atom stereocenters. The van der Waals surface area contributed by atoms with Crippen molar-refractivity contribution in [1.82, 2.24) is 19.9 Å². The Morgan fingerprint density at radius 1 is 0.587 bits per heavy atom. The summed E-state index contributed by atoms with van der Waals surface area (Å²) < 4.78 is 10.5. The predicted molar refractivity (Wildman–Crippen MR) is 185 cm³/mol. The quantitative estimate of drug-likeness (QED) is 0.176. The van der Waals surface area contributed by atoms with E-state index in [-0.39, 0.29) is 24.8 Å². The van der Waals surface area contributed by atoms with E-state index in [4.69, 9.17) is 9.47 Å². The highest BCUT2D eigenvalue weighted by Gasteiger charge is 2.18. The van der Waals surface area contributed by atoms with Gasteiger partial charge < -0.3 is 29.4 Å². The van der Waals surface area contributed by atoms with Crippen LogP contribution in [-0.2, 0) is 31.9 Å². The molecule has 0 saturated heterocycles. The van der Waals surface area contributed by atoms with Gasteiger partial charge in [-0.1, -0.05) is 25.3 Å². The average molecular weight is 621 g/mol. The Labute approximate surface area is 269 Å². The monoisotopic (exact) mass is 620 g/mol. The zero-order valence-electron chi connectivity index (χ0n) is 27.8. The first-order chi connectivity index (χ1) is 22.1. The molecule has 0 aromatic carbocycles. The van der Waals surface area contributed by atoms with Crippen molar-refractivity contribution in [2.75, 3.05) is 13.2 Å². The Balaban J connectivity index is 1.84. The van der Waals surface area contributed by atoms with Crippen LogP contribution in [0, 0.1) is 27.7 Å². The minimum Gasteiger partial charge on any atom is -0.466 e. The summed E-state index contributed by atoms with van der Waals surface area (Å²) in [7, 11) is 0. The van der Waals surface area contributed by atoms with Crippen molar-refractivity contribution in [3.05, 3.63) is 102 Å². The summed E-state index contributed by atoms with van der Waals surface area (Å²) in [6.07, 6.45) is 13.8.